The summed E-state index contributed by atoms with van der Waals surface area (Å²) < 4.78 is 0.883. The lowest BCUT2D eigenvalue weighted by atomic mass is 10.2. The molecule has 3 rings (SSSR count). The summed E-state index contributed by atoms with van der Waals surface area (Å²) >= 11 is 9.53. The standard InChI is InChI=1S/C15H16BrClN2O2/c16-11-5-6-13(17)10(7-11)8-19-14(20)9-18(15(19)21)12-3-1-2-4-12/h5-7,12H,1-4,8-9H2. The molecule has 112 valence electrons. The molecule has 6 heteroatoms. The second kappa shape index (κ2) is 5.97. The van der Waals surface area contributed by atoms with Gasteiger partial charge in [-0.05, 0) is 36.6 Å². The van der Waals surface area contributed by atoms with E-state index in [0.717, 1.165) is 35.7 Å². The summed E-state index contributed by atoms with van der Waals surface area (Å²) in [4.78, 5) is 27.7. The first-order chi connectivity index (χ1) is 10.1. The molecular formula is C15H16BrClN2O2. The van der Waals surface area contributed by atoms with E-state index in [9.17, 15) is 9.59 Å². The molecule has 2 aliphatic rings. The molecule has 0 unspecified atom stereocenters. The topological polar surface area (TPSA) is 40.6 Å². The third kappa shape index (κ3) is 2.94. The van der Waals surface area contributed by atoms with Crippen LogP contribution in [0.15, 0.2) is 22.7 Å². The highest BCUT2D eigenvalue weighted by molar-refractivity contribution is 9.10. The molecule has 0 N–H and O–H groups in total. The Morgan fingerprint density at radius 3 is 2.67 bits per heavy atom. The van der Waals surface area contributed by atoms with E-state index in [2.05, 4.69) is 15.9 Å². The van der Waals surface area contributed by atoms with Gasteiger partial charge in [-0.3, -0.25) is 9.69 Å². The Bertz CT molecular complexity index is 587. The quantitative estimate of drug-likeness (QED) is 0.758. The minimum atomic E-state index is -0.178. The molecule has 21 heavy (non-hydrogen) atoms. The summed E-state index contributed by atoms with van der Waals surface area (Å²) in [7, 11) is 0. The molecular weight excluding hydrogens is 356 g/mol. The summed E-state index contributed by atoms with van der Waals surface area (Å²) in [5.41, 5.74) is 0.779. The van der Waals surface area contributed by atoms with Gasteiger partial charge in [0, 0.05) is 15.5 Å². The number of halogens is 2. The molecule has 0 atom stereocenters. The van der Waals surface area contributed by atoms with E-state index in [1.54, 1.807) is 11.0 Å². The Morgan fingerprint density at radius 2 is 1.95 bits per heavy atom. The zero-order valence-electron chi connectivity index (χ0n) is 11.5. The van der Waals surface area contributed by atoms with Gasteiger partial charge in [-0.25, -0.2) is 4.79 Å². The molecule has 1 saturated heterocycles. The van der Waals surface area contributed by atoms with E-state index in [-0.39, 0.29) is 31.1 Å². The SMILES string of the molecule is O=C1CN(C2CCCC2)C(=O)N1Cc1cc(Br)ccc1Cl. The van der Waals surface area contributed by atoms with Crippen molar-refractivity contribution in [1.82, 2.24) is 9.80 Å². The highest BCUT2D eigenvalue weighted by Gasteiger charge is 2.40. The maximum absolute atomic E-state index is 12.5. The van der Waals surface area contributed by atoms with E-state index in [1.165, 1.54) is 4.90 Å². The minimum Gasteiger partial charge on any atom is -0.312 e. The van der Waals surface area contributed by atoms with Crippen LogP contribution in [0.5, 0.6) is 0 Å². The maximum atomic E-state index is 12.5. The lowest BCUT2D eigenvalue weighted by Crippen LogP contribution is -2.37. The van der Waals surface area contributed by atoms with Gasteiger partial charge in [0.05, 0.1) is 6.54 Å². The molecule has 1 aliphatic carbocycles. The van der Waals surface area contributed by atoms with Gasteiger partial charge in [-0.15, -0.1) is 0 Å². The van der Waals surface area contributed by atoms with Gasteiger partial charge in [-0.1, -0.05) is 40.4 Å². The van der Waals surface area contributed by atoms with E-state index in [0.29, 0.717) is 5.02 Å². The summed E-state index contributed by atoms with van der Waals surface area (Å²) in [6.07, 6.45) is 4.29. The average molecular weight is 372 g/mol. The van der Waals surface area contributed by atoms with Crippen LogP contribution >= 0.6 is 27.5 Å². The molecule has 0 spiro atoms. The van der Waals surface area contributed by atoms with Gasteiger partial charge >= 0.3 is 6.03 Å². The summed E-state index contributed by atoms with van der Waals surface area (Å²) in [5.74, 6) is -0.136. The van der Waals surface area contributed by atoms with Crippen molar-refractivity contribution >= 4 is 39.5 Å². The van der Waals surface area contributed by atoms with Crippen LogP contribution in [-0.2, 0) is 11.3 Å². The van der Waals surface area contributed by atoms with Crippen LogP contribution in [-0.4, -0.2) is 34.3 Å². The lowest BCUT2D eigenvalue weighted by Gasteiger charge is -2.23. The van der Waals surface area contributed by atoms with Crippen molar-refractivity contribution < 1.29 is 9.59 Å². The smallest absolute Gasteiger partial charge is 0.312 e. The number of imide groups is 1. The van der Waals surface area contributed by atoms with Crippen molar-refractivity contribution in [2.75, 3.05) is 6.54 Å². The third-order valence-corrected chi connectivity index (χ3v) is 5.05. The van der Waals surface area contributed by atoms with Crippen LogP contribution in [0.4, 0.5) is 4.79 Å². The monoisotopic (exact) mass is 370 g/mol. The second-order valence-corrected chi connectivity index (χ2v) is 6.89. The number of urea groups is 1. The molecule has 3 amide bonds. The lowest BCUT2D eigenvalue weighted by molar-refractivity contribution is -0.125. The summed E-state index contributed by atoms with van der Waals surface area (Å²) in [6.45, 7) is 0.439. The number of hydrogen-bond acceptors (Lipinski definition) is 2. The number of benzene rings is 1. The first-order valence-corrected chi connectivity index (χ1v) is 8.28. The molecule has 0 radical (unpaired) electrons. The maximum Gasteiger partial charge on any atom is 0.327 e. The molecule has 2 fully saturated rings. The first kappa shape index (κ1) is 14.9. The van der Waals surface area contributed by atoms with Gasteiger partial charge in [0.2, 0.25) is 0 Å². The molecule has 0 aromatic heterocycles. The van der Waals surface area contributed by atoms with Crippen LogP contribution in [0, 0.1) is 0 Å². The second-order valence-electron chi connectivity index (χ2n) is 5.56. The van der Waals surface area contributed by atoms with Gasteiger partial charge in [0.1, 0.15) is 6.54 Å². The van der Waals surface area contributed by atoms with Crippen LogP contribution in [0.2, 0.25) is 5.02 Å². The Balaban J connectivity index is 1.77. The van der Waals surface area contributed by atoms with E-state index >= 15 is 0 Å². The summed E-state index contributed by atoms with van der Waals surface area (Å²) in [6, 6.07) is 5.50. The first-order valence-electron chi connectivity index (χ1n) is 7.11. The molecule has 1 saturated carbocycles. The zero-order valence-corrected chi connectivity index (χ0v) is 13.9. The Morgan fingerprint density at radius 1 is 1.24 bits per heavy atom. The number of carbonyl (C=O) groups is 2. The Hall–Kier alpha value is -1.07. The van der Waals surface area contributed by atoms with Crippen LogP contribution in [0.3, 0.4) is 0 Å². The van der Waals surface area contributed by atoms with Crippen molar-refractivity contribution in [2.24, 2.45) is 0 Å². The predicted octanol–water partition coefficient (Wildman–Crippen LogP) is 3.81. The molecule has 1 aromatic carbocycles. The minimum absolute atomic E-state index is 0.136. The summed E-state index contributed by atoms with van der Waals surface area (Å²) in [5, 5.41) is 0.568. The van der Waals surface area contributed by atoms with Gasteiger partial charge < -0.3 is 4.90 Å². The fourth-order valence-electron chi connectivity index (χ4n) is 3.05. The fraction of sp³-hybridized carbons (Fsp3) is 0.467. The number of hydrogen-bond donors (Lipinski definition) is 0. The highest BCUT2D eigenvalue weighted by Crippen LogP contribution is 2.29. The molecule has 1 heterocycles. The van der Waals surface area contributed by atoms with E-state index in [1.807, 2.05) is 12.1 Å². The number of nitrogens with zero attached hydrogens (tertiary/aromatic N) is 2. The van der Waals surface area contributed by atoms with Crippen LogP contribution < -0.4 is 0 Å². The zero-order chi connectivity index (χ0) is 15.0. The van der Waals surface area contributed by atoms with Crippen molar-refractivity contribution in [3.05, 3.63) is 33.3 Å². The van der Waals surface area contributed by atoms with E-state index in [4.69, 9.17) is 11.6 Å². The molecule has 4 nitrogen and oxygen atoms in total. The number of rotatable bonds is 3. The van der Waals surface area contributed by atoms with Crippen molar-refractivity contribution in [2.45, 2.75) is 38.3 Å². The Labute approximate surface area is 137 Å². The fourth-order valence-corrected chi connectivity index (χ4v) is 3.64. The molecule has 0 bridgehead atoms. The molecule has 1 aliphatic heterocycles. The van der Waals surface area contributed by atoms with Gasteiger partial charge in [0.25, 0.3) is 5.91 Å². The van der Waals surface area contributed by atoms with Crippen LogP contribution in [0.1, 0.15) is 31.2 Å². The van der Waals surface area contributed by atoms with Crippen molar-refractivity contribution in [1.29, 1.82) is 0 Å². The van der Waals surface area contributed by atoms with Gasteiger partial charge in [-0.2, -0.15) is 0 Å². The number of amides is 3. The normalized spacial score (nSPS) is 19.9. The largest absolute Gasteiger partial charge is 0.327 e. The third-order valence-electron chi connectivity index (χ3n) is 4.18. The van der Waals surface area contributed by atoms with Crippen molar-refractivity contribution in [3.63, 3.8) is 0 Å². The highest BCUT2D eigenvalue weighted by atomic mass is 79.9. The predicted molar refractivity (Wildman–Crippen MR) is 84.1 cm³/mol. The van der Waals surface area contributed by atoms with Gasteiger partial charge in [0.15, 0.2) is 0 Å². The Kier molecular flexibility index (Phi) is 4.22. The van der Waals surface area contributed by atoms with E-state index < -0.39 is 0 Å². The van der Waals surface area contributed by atoms with Crippen molar-refractivity contribution in [3.8, 4) is 0 Å². The average Bonchev–Trinajstić information content (AvgIpc) is 3.06. The molecule has 1 aromatic rings. The van der Waals surface area contributed by atoms with Crippen LogP contribution in [0.25, 0.3) is 0 Å². The number of carbonyl (C=O) groups excluding carboxylic acids is 2.